The van der Waals surface area contributed by atoms with Crippen molar-refractivity contribution < 1.29 is 14.2 Å². The number of para-hydroxylation sites is 1. The zero-order valence-electron chi connectivity index (χ0n) is 9.84. The summed E-state index contributed by atoms with van der Waals surface area (Å²) in [6.45, 7) is 0.0849. The second-order valence-electron chi connectivity index (χ2n) is 3.81. The summed E-state index contributed by atoms with van der Waals surface area (Å²) >= 11 is 0. The fourth-order valence-electron chi connectivity index (χ4n) is 1.64. The Hall–Kier alpha value is -1.94. The Kier molecular flexibility index (Phi) is 4.25. The first kappa shape index (κ1) is 12.5. The van der Waals surface area contributed by atoms with Crippen molar-refractivity contribution in [2.45, 2.75) is 13.0 Å². The average Bonchev–Trinajstić information content (AvgIpc) is 2.41. The molecular weight excluding hydrogens is 233 g/mol. The van der Waals surface area contributed by atoms with Gasteiger partial charge < -0.3 is 9.84 Å². The number of nitrogens with zero attached hydrogens (tertiary/aromatic N) is 1. The van der Waals surface area contributed by atoms with E-state index in [-0.39, 0.29) is 12.4 Å². The summed E-state index contributed by atoms with van der Waals surface area (Å²) in [6, 6.07) is 10.1. The van der Waals surface area contributed by atoms with Gasteiger partial charge in [0.2, 0.25) is 0 Å². The number of aliphatic hydroxyl groups excluding tert-OH is 1. The molecule has 0 aliphatic rings. The molecule has 0 unspecified atom stereocenters. The first-order valence-corrected chi connectivity index (χ1v) is 5.72. The van der Waals surface area contributed by atoms with Crippen LogP contribution >= 0.6 is 0 Å². The van der Waals surface area contributed by atoms with Gasteiger partial charge >= 0.3 is 0 Å². The number of pyridine rings is 1. The number of hydrogen-bond acceptors (Lipinski definition) is 3. The molecule has 1 N–H and O–H groups in total. The van der Waals surface area contributed by atoms with E-state index in [1.165, 1.54) is 6.07 Å². The van der Waals surface area contributed by atoms with Crippen molar-refractivity contribution in [3.63, 3.8) is 0 Å². The molecule has 0 aliphatic carbocycles. The third-order valence-corrected chi connectivity index (χ3v) is 2.55. The molecule has 0 saturated carbocycles. The Labute approximate surface area is 105 Å². The number of aromatic nitrogens is 1. The highest BCUT2D eigenvalue weighted by Crippen LogP contribution is 2.22. The highest BCUT2D eigenvalue weighted by atomic mass is 19.1. The fraction of sp³-hybridized carbons (Fsp3) is 0.214. The molecule has 94 valence electrons. The van der Waals surface area contributed by atoms with Crippen LogP contribution in [0.2, 0.25) is 0 Å². The molecule has 4 heteroatoms. The summed E-state index contributed by atoms with van der Waals surface area (Å²) in [5.41, 5.74) is 1.34. The molecule has 1 aromatic heterocycles. The zero-order chi connectivity index (χ0) is 12.8. The molecule has 18 heavy (non-hydrogen) atoms. The molecule has 0 spiro atoms. The molecule has 1 aromatic carbocycles. The highest BCUT2D eigenvalue weighted by Gasteiger charge is 2.08. The van der Waals surface area contributed by atoms with Crippen molar-refractivity contribution in [1.82, 2.24) is 4.98 Å². The largest absolute Gasteiger partial charge is 0.490 e. The standard InChI is InChI=1S/C14H14FNO2/c15-13-6-3-4-11(10-17)14(13)18-9-7-12-5-1-2-8-16-12/h1-6,8,17H,7,9-10H2. The number of hydrogen-bond donors (Lipinski definition) is 1. The maximum Gasteiger partial charge on any atom is 0.165 e. The van der Waals surface area contributed by atoms with E-state index in [9.17, 15) is 4.39 Å². The van der Waals surface area contributed by atoms with Crippen LogP contribution in [0.15, 0.2) is 42.6 Å². The molecule has 0 radical (unpaired) electrons. The van der Waals surface area contributed by atoms with Crippen LogP contribution in [0.1, 0.15) is 11.3 Å². The normalized spacial score (nSPS) is 10.3. The summed E-state index contributed by atoms with van der Waals surface area (Å²) in [5.74, 6) is -0.335. The van der Waals surface area contributed by atoms with Crippen LogP contribution < -0.4 is 4.74 Å². The minimum Gasteiger partial charge on any atom is -0.490 e. The molecule has 0 saturated heterocycles. The Bertz CT molecular complexity index is 502. The number of halogens is 1. The predicted octanol–water partition coefficient (Wildman–Crippen LogP) is 2.33. The van der Waals surface area contributed by atoms with Gasteiger partial charge in [-0.05, 0) is 18.2 Å². The highest BCUT2D eigenvalue weighted by molar-refractivity contribution is 5.34. The summed E-state index contributed by atoms with van der Waals surface area (Å²) < 4.78 is 18.9. The minimum absolute atomic E-state index is 0.121. The SMILES string of the molecule is OCc1cccc(F)c1OCCc1ccccn1. The van der Waals surface area contributed by atoms with E-state index in [0.717, 1.165) is 5.69 Å². The van der Waals surface area contributed by atoms with Gasteiger partial charge in [-0.15, -0.1) is 0 Å². The van der Waals surface area contributed by atoms with Crippen LogP contribution in [0.3, 0.4) is 0 Å². The van der Waals surface area contributed by atoms with Gasteiger partial charge in [0.1, 0.15) is 0 Å². The third-order valence-electron chi connectivity index (χ3n) is 2.55. The van der Waals surface area contributed by atoms with Crippen molar-refractivity contribution in [2.75, 3.05) is 6.61 Å². The predicted molar refractivity (Wildman–Crippen MR) is 65.8 cm³/mol. The van der Waals surface area contributed by atoms with Crippen LogP contribution in [-0.4, -0.2) is 16.7 Å². The van der Waals surface area contributed by atoms with Gasteiger partial charge in [0, 0.05) is 23.9 Å². The first-order valence-electron chi connectivity index (χ1n) is 5.72. The Morgan fingerprint density at radius 2 is 2.06 bits per heavy atom. The van der Waals surface area contributed by atoms with Crippen LogP contribution in [0.5, 0.6) is 5.75 Å². The van der Waals surface area contributed by atoms with Crippen molar-refractivity contribution in [3.05, 3.63) is 59.7 Å². The van der Waals surface area contributed by atoms with E-state index < -0.39 is 5.82 Å². The van der Waals surface area contributed by atoms with E-state index >= 15 is 0 Å². The van der Waals surface area contributed by atoms with Crippen molar-refractivity contribution in [1.29, 1.82) is 0 Å². The molecule has 0 amide bonds. The summed E-state index contributed by atoms with van der Waals surface area (Å²) in [5, 5.41) is 9.10. The van der Waals surface area contributed by atoms with Crippen LogP contribution in [0.4, 0.5) is 4.39 Å². The van der Waals surface area contributed by atoms with E-state index in [4.69, 9.17) is 9.84 Å². The fourth-order valence-corrected chi connectivity index (χ4v) is 1.64. The number of aliphatic hydroxyl groups is 1. The van der Waals surface area contributed by atoms with Gasteiger partial charge in [-0.1, -0.05) is 18.2 Å². The van der Waals surface area contributed by atoms with Gasteiger partial charge in [0.25, 0.3) is 0 Å². The van der Waals surface area contributed by atoms with Crippen molar-refractivity contribution >= 4 is 0 Å². The second kappa shape index (κ2) is 6.12. The third kappa shape index (κ3) is 3.05. The molecule has 1 heterocycles. The molecular formula is C14H14FNO2. The van der Waals surface area contributed by atoms with E-state index in [2.05, 4.69) is 4.98 Å². The van der Waals surface area contributed by atoms with Gasteiger partial charge in [0.05, 0.1) is 13.2 Å². The average molecular weight is 247 g/mol. The van der Waals surface area contributed by atoms with E-state index in [1.807, 2.05) is 18.2 Å². The lowest BCUT2D eigenvalue weighted by Gasteiger charge is -2.10. The Morgan fingerprint density at radius 1 is 1.17 bits per heavy atom. The number of ether oxygens (including phenoxy) is 1. The zero-order valence-corrected chi connectivity index (χ0v) is 9.84. The lowest BCUT2D eigenvalue weighted by Crippen LogP contribution is -2.06. The number of benzene rings is 1. The number of rotatable bonds is 5. The monoisotopic (exact) mass is 247 g/mol. The maximum absolute atomic E-state index is 13.5. The Balaban J connectivity index is 1.98. The van der Waals surface area contributed by atoms with Crippen molar-refractivity contribution in [2.24, 2.45) is 0 Å². The summed E-state index contributed by atoms with van der Waals surface area (Å²) in [6.07, 6.45) is 2.30. The van der Waals surface area contributed by atoms with Crippen LogP contribution in [0.25, 0.3) is 0 Å². The molecule has 2 aromatic rings. The molecule has 0 aliphatic heterocycles. The smallest absolute Gasteiger partial charge is 0.165 e. The molecule has 0 atom stereocenters. The van der Waals surface area contributed by atoms with E-state index in [1.54, 1.807) is 18.3 Å². The summed E-state index contributed by atoms with van der Waals surface area (Å²) in [7, 11) is 0. The first-order chi connectivity index (χ1) is 8.81. The molecule has 0 bridgehead atoms. The van der Waals surface area contributed by atoms with Gasteiger partial charge in [-0.2, -0.15) is 0 Å². The van der Waals surface area contributed by atoms with Crippen molar-refractivity contribution in [3.8, 4) is 5.75 Å². The second-order valence-corrected chi connectivity index (χ2v) is 3.81. The lowest BCUT2D eigenvalue weighted by molar-refractivity contribution is 0.257. The quantitative estimate of drug-likeness (QED) is 0.881. The van der Waals surface area contributed by atoms with Gasteiger partial charge in [0.15, 0.2) is 11.6 Å². The molecule has 2 rings (SSSR count). The van der Waals surface area contributed by atoms with E-state index in [0.29, 0.717) is 18.6 Å². The van der Waals surface area contributed by atoms with Gasteiger partial charge in [-0.25, -0.2) is 4.39 Å². The van der Waals surface area contributed by atoms with Crippen LogP contribution in [0, 0.1) is 5.82 Å². The topological polar surface area (TPSA) is 42.4 Å². The molecule has 3 nitrogen and oxygen atoms in total. The van der Waals surface area contributed by atoms with Crippen LogP contribution in [-0.2, 0) is 13.0 Å². The lowest BCUT2D eigenvalue weighted by atomic mass is 10.2. The summed E-state index contributed by atoms with van der Waals surface area (Å²) in [4.78, 5) is 4.15. The minimum atomic E-state index is -0.456. The molecule has 0 fully saturated rings. The van der Waals surface area contributed by atoms with Gasteiger partial charge in [-0.3, -0.25) is 4.98 Å². The Morgan fingerprint density at radius 3 is 2.78 bits per heavy atom. The maximum atomic E-state index is 13.5.